The van der Waals surface area contributed by atoms with Crippen molar-refractivity contribution >= 4 is 16.8 Å². The molecule has 1 aliphatic heterocycles. The van der Waals surface area contributed by atoms with E-state index in [9.17, 15) is 4.79 Å². The Balaban J connectivity index is 1.68. The second-order valence-corrected chi connectivity index (χ2v) is 7.84. The van der Waals surface area contributed by atoms with Crippen LogP contribution in [0.25, 0.3) is 22.0 Å². The number of rotatable bonds is 4. The van der Waals surface area contributed by atoms with Crippen LogP contribution in [0.15, 0.2) is 48.7 Å². The number of likely N-dealkylation sites (tertiary alicyclic amines) is 1. The Bertz CT molecular complexity index is 973. The molecule has 1 aliphatic rings. The SMILES string of the molecule is CN(C)C(=O)c1cccc(-c2ccc3[nH]cc(CC4CCCN4C)c3c2)c1. The van der Waals surface area contributed by atoms with Crippen molar-refractivity contribution < 1.29 is 4.79 Å². The van der Waals surface area contributed by atoms with Gasteiger partial charge in [0.25, 0.3) is 5.91 Å². The maximum absolute atomic E-state index is 12.3. The number of hydrogen-bond donors (Lipinski definition) is 1. The Morgan fingerprint density at radius 2 is 2.00 bits per heavy atom. The lowest BCUT2D eigenvalue weighted by molar-refractivity contribution is 0.0827. The topological polar surface area (TPSA) is 39.3 Å². The largest absolute Gasteiger partial charge is 0.361 e. The molecule has 1 aromatic heterocycles. The summed E-state index contributed by atoms with van der Waals surface area (Å²) in [6.07, 6.45) is 5.81. The minimum Gasteiger partial charge on any atom is -0.361 e. The molecular formula is C23H27N3O. The first-order valence-electron chi connectivity index (χ1n) is 9.65. The van der Waals surface area contributed by atoms with Gasteiger partial charge in [0, 0.05) is 42.8 Å². The van der Waals surface area contributed by atoms with Crippen LogP contribution in [0.5, 0.6) is 0 Å². The van der Waals surface area contributed by atoms with Crippen molar-refractivity contribution in [1.29, 1.82) is 0 Å². The number of carbonyl (C=O) groups excluding carboxylic acids is 1. The van der Waals surface area contributed by atoms with Gasteiger partial charge in [0.05, 0.1) is 0 Å². The van der Waals surface area contributed by atoms with Crippen molar-refractivity contribution in [2.45, 2.75) is 25.3 Å². The average Bonchev–Trinajstić information content (AvgIpc) is 3.27. The molecule has 1 N–H and O–H groups in total. The molecule has 0 aliphatic carbocycles. The number of aromatic amines is 1. The van der Waals surface area contributed by atoms with Gasteiger partial charge in [-0.15, -0.1) is 0 Å². The summed E-state index contributed by atoms with van der Waals surface area (Å²) in [5.74, 6) is 0.0320. The standard InChI is InChI=1S/C23H27N3O/c1-25(2)23(27)18-7-4-6-16(12-18)17-9-10-22-21(14-17)19(15-24-22)13-20-8-5-11-26(20)3/h4,6-7,9-10,12,14-15,20,24H,5,8,11,13H2,1-3H3. The Morgan fingerprint density at radius 1 is 1.19 bits per heavy atom. The fourth-order valence-corrected chi connectivity index (χ4v) is 4.11. The first-order chi connectivity index (χ1) is 13.0. The molecule has 140 valence electrons. The maximum atomic E-state index is 12.3. The van der Waals surface area contributed by atoms with E-state index in [0.29, 0.717) is 6.04 Å². The Labute approximate surface area is 160 Å². The van der Waals surface area contributed by atoms with E-state index in [0.717, 1.165) is 23.1 Å². The zero-order valence-electron chi connectivity index (χ0n) is 16.3. The summed E-state index contributed by atoms with van der Waals surface area (Å²) in [7, 11) is 5.80. The van der Waals surface area contributed by atoms with Crippen LogP contribution in [0.1, 0.15) is 28.8 Å². The second kappa shape index (κ2) is 7.20. The van der Waals surface area contributed by atoms with Crippen LogP contribution in [0, 0.1) is 0 Å². The smallest absolute Gasteiger partial charge is 0.253 e. The molecule has 0 radical (unpaired) electrons. The van der Waals surface area contributed by atoms with Crippen LogP contribution in [0.3, 0.4) is 0 Å². The molecule has 27 heavy (non-hydrogen) atoms. The molecule has 1 unspecified atom stereocenters. The van der Waals surface area contributed by atoms with Gasteiger partial charge in [-0.1, -0.05) is 18.2 Å². The first kappa shape index (κ1) is 17.8. The van der Waals surface area contributed by atoms with Gasteiger partial charge in [-0.25, -0.2) is 0 Å². The van der Waals surface area contributed by atoms with Gasteiger partial charge in [-0.3, -0.25) is 4.79 Å². The van der Waals surface area contributed by atoms with E-state index in [1.54, 1.807) is 19.0 Å². The molecule has 3 aromatic rings. The van der Waals surface area contributed by atoms with E-state index in [4.69, 9.17) is 0 Å². The number of H-pyrrole nitrogens is 1. The first-order valence-corrected chi connectivity index (χ1v) is 9.65. The number of fused-ring (bicyclic) bond motifs is 1. The molecule has 1 saturated heterocycles. The van der Waals surface area contributed by atoms with Gasteiger partial charge in [0.1, 0.15) is 0 Å². The van der Waals surface area contributed by atoms with E-state index in [1.807, 2.05) is 18.2 Å². The lowest BCUT2D eigenvalue weighted by atomic mass is 9.98. The molecule has 4 heteroatoms. The van der Waals surface area contributed by atoms with E-state index in [2.05, 4.69) is 47.4 Å². The molecule has 1 amide bonds. The predicted molar refractivity (Wildman–Crippen MR) is 111 cm³/mol. The molecule has 0 spiro atoms. The number of aromatic nitrogens is 1. The third-order valence-corrected chi connectivity index (χ3v) is 5.74. The molecular weight excluding hydrogens is 334 g/mol. The Morgan fingerprint density at radius 3 is 2.74 bits per heavy atom. The predicted octanol–water partition coefficient (Wildman–Crippen LogP) is 4.17. The van der Waals surface area contributed by atoms with Crippen molar-refractivity contribution in [2.24, 2.45) is 0 Å². The van der Waals surface area contributed by atoms with Crippen LogP contribution in [0.2, 0.25) is 0 Å². The molecule has 0 bridgehead atoms. The quantitative estimate of drug-likeness (QED) is 0.757. The molecule has 2 heterocycles. The van der Waals surface area contributed by atoms with Gasteiger partial charge in [-0.05, 0) is 73.8 Å². The van der Waals surface area contributed by atoms with Gasteiger partial charge >= 0.3 is 0 Å². The van der Waals surface area contributed by atoms with Crippen molar-refractivity contribution in [3.63, 3.8) is 0 Å². The second-order valence-electron chi connectivity index (χ2n) is 7.84. The van der Waals surface area contributed by atoms with Crippen molar-refractivity contribution in [1.82, 2.24) is 14.8 Å². The molecule has 1 atom stereocenters. The lowest BCUT2D eigenvalue weighted by Crippen LogP contribution is -2.26. The van der Waals surface area contributed by atoms with E-state index in [1.165, 1.54) is 35.9 Å². The summed E-state index contributed by atoms with van der Waals surface area (Å²) < 4.78 is 0. The normalized spacial score (nSPS) is 17.5. The summed E-state index contributed by atoms with van der Waals surface area (Å²) >= 11 is 0. The van der Waals surface area contributed by atoms with Crippen molar-refractivity contribution in [3.8, 4) is 11.1 Å². The van der Waals surface area contributed by atoms with Gasteiger partial charge in [0.2, 0.25) is 0 Å². The van der Waals surface area contributed by atoms with Gasteiger partial charge in [-0.2, -0.15) is 0 Å². The molecule has 0 saturated carbocycles. The number of benzene rings is 2. The summed E-state index contributed by atoms with van der Waals surface area (Å²) in [6, 6.07) is 15.1. The van der Waals surface area contributed by atoms with Crippen LogP contribution >= 0.6 is 0 Å². The van der Waals surface area contributed by atoms with Crippen LogP contribution < -0.4 is 0 Å². The van der Waals surface area contributed by atoms with Gasteiger partial charge in [0.15, 0.2) is 0 Å². The van der Waals surface area contributed by atoms with Crippen LogP contribution in [0.4, 0.5) is 0 Å². The number of nitrogens with one attached hydrogen (secondary N) is 1. The molecule has 1 fully saturated rings. The monoisotopic (exact) mass is 361 g/mol. The number of carbonyl (C=O) groups is 1. The molecule has 4 nitrogen and oxygen atoms in total. The fraction of sp³-hybridized carbons (Fsp3) is 0.348. The third kappa shape index (κ3) is 3.50. The van der Waals surface area contributed by atoms with Gasteiger partial charge < -0.3 is 14.8 Å². The summed E-state index contributed by atoms with van der Waals surface area (Å²) in [5, 5.41) is 1.29. The van der Waals surface area contributed by atoms with Crippen LogP contribution in [-0.4, -0.2) is 54.4 Å². The van der Waals surface area contributed by atoms with Crippen molar-refractivity contribution in [3.05, 3.63) is 59.8 Å². The third-order valence-electron chi connectivity index (χ3n) is 5.74. The minimum atomic E-state index is 0.0320. The van der Waals surface area contributed by atoms with Crippen LogP contribution in [-0.2, 0) is 6.42 Å². The summed E-state index contributed by atoms with van der Waals surface area (Å²) in [6.45, 7) is 1.20. The fourth-order valence-electron chi connectivity index (χ4n) is 4.11. The highest BCUT2D eigenvalue weighted by Crippen LogP contribution is 2.29. The van der Waals surface area contributed by atoms with Crippen molar-refractivity contribution in [2.75, 3.05) is 27.7 Å². The number of hydrogen-bond acceptors (Lipinski definition) is 2. The highest BCUT2D eigenvalue weighted by molar-refractivity contribution is 5.95. The lowest BCUT2D eigenvalue weighted by Gasteiger charge is -2.18. The van der Waals surface area contributed by atoms with E-state index < -0.39 is 0 Å². The zero-order chi connectivity index (χ0) is 19.0. The maximum Gasteiger partial charge on any atom is 0.253 e. The summed E-state index contributed by atoms with van der Waals surface area (Å²) in [4.78, 5) is 19.8. The average molecular weight is 361 g/mol. The molecule has 4 rings (SSSR count). The summed E-state index contributed by atoms with van der Waals surface area (Å²) in [5.41, 5.74) is 5.51. The number of likely N-dealkylation sites (N-methyl/N-ethyl adjacent to an activating group) is 1. The molecule has 2 aromatic carbocycles. The van der Waals surface area contributed by atoms with E-state index in [-0.39, 0.29) is 5.91 Å². The minimum absolute atomic E-state index is 0.0320. The highest BCUT2D eigenvalue weighted by atomic mass is 16.2. The van der Waals surface area contributed by atoms with E-state index >= 15 is 0 Å². The highest BCUT2D eigenvalue weighted by Gasteiger charge is 2.22. The zero-order valence-corrected chi connectivity index (χ0v) is 16.3. The Kier molecular flexibility index (Phi) is 4.75. The number of amides is 1. The number of nitrogens with zero attached hydrogens (tertiary/aromatic N) is 2. The Hall–Kier alpha value is -2.59.